The average Bonchev–Trinajstić information content (AvgIpc) is 3.89. The third-order valence-electron chi connectivity index (χ3n) is 9.85. The number of carbonyl (C=O) groups is 5. The van der Waals surface area contributed by atoms with Gasteiger partial charge in [-0.15, -0.1) is 11.8 Å². The summed E-state index contributed by atoms with van der Waals surface area (Å²) in [4.78, 5) is 70.6. The van der Waals surface area contributed by atoms with Crippen molar-refractivity contribution in [1.82, 2.24) is 30.0 Å². The number of aliphatic carboxylic acids is 1. The van der Waals surface area contributed by atoms with Crippen LogP contribution < -0.4 is 10.6 Å². The predicted molar refractivity (Wildman–Crippen MR) is 209 cm³/mol. The van der Waals surface area contributed by atoms with Gasteiger partial charge in [0.15, 0.2) is 0 Å². The van der Waals surface area contributed by atoms with Crippen LogP contribution in [-0.2, 0) is 30.5 Å². The third-order valence-corrected chi connectivity index (χ3v) is 10.9. The fourth-order valence-corrected chi connectivity index (χ4v) is 7.96. The highest BCUT2D eigenvalue weighted by Crippen LogP contribution is 2.40. The van der Waals surface area contributed by atoms with Gasteiger partial charge in [-0.05, 0) is 67.4 Å². The molecule has 2 aliphatic rings. The van der Waals surface area contributed by atoms with Crippen molar-refractivity contribution in [2.24, 2.45) is 11.3 Å². The second-order valence-electron chi connectivity index (χ2n) is 15.3. The summed E-state index contributed by atoms with van der Waals surface area (Å²) < 4.78 is 31.4. The fourth-order valence-electron chi connectivity index (χ4n) is 7.04. The monoisotopic (exact) mass is 792 g/mol. The number of carbonyl (C=O) groups excluding carboxylic acids is 4. The van der Waals surface area contributed by atoms with Gasteiger partial charge >= 0.3 is 5.97 Å². The van der Waals surface area contributed by atoms with Crippen molar-refractivity contribution < 1.29 is 37.9 Å². The first kappa shape index (κ1) is 42.3. The lowest BCUT2D eigenvalue weighted by Gasteiger charge is -2.41. The Kier molecular flexibility index (Phi) is 14.6. The lowest BCUT2D eigenvalue weighted by Crippen LogP contribution is -2.46. The number of imidazole rings is 1. The van der Waals surface area contributed by atoms with E-state index in [0.717, 1.165) is 53.4 Å². The summed E-state index contributed by atoms with van der Waals surface area (Å²) in [5.74, 6) is -3.32. The van der Waals surface area contributed by atoms with Crippen LogP contribution >= 0.6 is 11.8 Å². The van der Waals surface area contributed by atoms with Crippen LogP contribution in [0.4, 0.5) is 8.78 Å². The summed E-state index contributed by atoms with van der Waals surface area (Å²) in [6, 6.07) is 11.0. The summed E-state index contributed by atoms with van der Waals surface area (Å²) in [7, 11) is 0. The number of thioether (sulfide) groups is 1. The molecule has 0 aliphatic carbocycles. The molecule has 2 aromatic carbocycles. The standard InChI is InChI=1S/C41H50F2N6O6S/c1-41(2,3)38(39-46-32(30-20-29(42)13-14-31(30)43)24-47(39)22-27-10-6-4-7-11-27)49(23-28-17-18-44-21-28)37(53)26-56-25-33(40(54)55)45-34(50)12-8-5-9-19-48-35(51)15-16-36(48)52/h4,6-7,10-11,13-16,20,24,28,33,38,44H,5,8-9,12,17-19,21-23,25-26H2,1-3H3,(H,45,50)(H,54,55)/t28?,33-,38-/m0/s1. The molecule has 0 saturated carbocycles. The first-order valence-electron chi connectivity index (χ1n) is 18.9. The second kappa shape index (κ2) is 19.3. The number of hydrogen-bond donors (Lipinski definition) is 3. The van der Waals surface area contributed by atoms with E-state index in [1.807, 2.05) is 55.7 Å². The van der Waals surface area contributed by atoms with Crippen LogP contribution in [0.25, 0.3) is 11.3 Å². The fraction of sp³-hybridized carbons (Fsp3) is 0.463. The van der Waals surface area contributed by atoms with Gasteiger partial charge in [0.1, 0.15) is 23.5 Å². The Labute approximate surface area is 330 Å². The molecule has 1 unspecified atom stereocenters. The Morgan fingerprint density at radius 1 is 1.05 bits per heavy atom. The minimum Gasteiger partial charge on any atom is -0.480 e. The average molecular weight is 793 g/mol. The Morgan fingerprint density at radius 2 is 1.79 bits per heavy atom. The van der Waals surface area contributed by atoms with Gasteiger partial charge in [-0.25, -0.2) is 18.6 Å². The van der Waals surface area contributed by atoms with Crippen molar-refractivity contribution in [3.8, 4) is 11.3 Å². The van der Waals surface area contributed by atoms with Crippen LogP contribution in [0.1, 0.15) is 70.3 Å². The molecule has 0 bridgehead atoms. The smallest absolute Gasteiger partial charge is 0.327 e. The van der Waals surface area contributed by atoms with Crippen LogP contribution in [0.3, 0.4) is 0 Å². The summed E-state index contributed by atoms with van der Waals surface area (Å²) >= 11 is 1.11. The highest BCUT2D eigenvalue weighted by molar-refractivity contribution is 8.00. The molecule has 0 spiro atoms. The van der Waals surface area contributed by atoms with Gasteiger partial charge in [-0.2, -0.15) is 0 Å². The van der Waals surface area contributed by atoms with E-state index < -0.39 is 41.0 Å². The van der Waals surface area contributed by atoms with Crippen molar-refractivity contribution in [2.75, 3.05) is 37.7 Å². The zero-order chi connectivity index (χ0) is 40.4. The Morgan fingerprint density at radius 3 is 2.45 bits per heavy atom. The van der Waals surface area contributed by atoms with E-state index in [4.69, 9.17) is 4.98 Å². The van der Waals surface area contributed by atoms with Gasteiger partial charge < -0.3 is 25.2 Å². The number of carboxylic acid groups (broad SMARTS) is 1. The number of nitrogens with one attached hydrogen (secondary N) is 2. The van der Waals surface area contributed by atoms with Crippen molar-refractivity contribution >= 4 is 41.4 Å². The minimum atomic E-state index is -1.23. The van der Waals surface area contributed by atoms with Crippen molar-refractivity contribution in [3.63, 3.8) is 0 Å². The van der Waals surface area contributed by atoms with Gasteiger partial charge in [0.2, 0.25) is 11.8 Å². The number of hydrogen-bond acceptors (Lipinski definition) is 8. The number of carboxylic acids is 1. The molecule has 15 heteroatoms. The van der Waals surface area contributed by atoms with Crippen LogP contribution in [0, 0.1) is 23.0 Å². The van der Waals surface area contributed by atoms with E-state index in [-0.39, 0.29) is 59.4 Å². The summed E-state index contributed by atoms with van der Waals surface area (Å²) in [5.41, 5.74) is 0.611. The molecule has 1 aromatic heterocycles. The number of nitrogens with zero attached hydrogens (tertiary/aromatic N) is 4. The number of benzene rings is 2. The van der Waals surface area contributed by atoms with Crippen molar-refractivity contribution in [2.45, 2.75) is 71.5 Å². The largest absolute Gasteiger partial charge is 0.480 e. The van der Waals surface area contributed by atoms with Crippen LogP contribution in [0.5, 0.6) is 0 Å². The van der Waals surface area contributed by atoms with Gasteiger partial charge in [0.25, 0.3) is 11.8 Å². The molecule has 2 aliphatic heterocycles. The number of amides is 4. The maximum Gasteiger partial charge on any atom is 0.327 e. The number of rotatable bonds is 19. The highest BCUT2D eigenvalue weighted by Gasteiger charge is 2.40. The topological polar surface area (TPSA) is 154 Å². The van der Waals surface area contributed by atoms with E-state index in [0.29, 0.717) is 44.7 Å². The molecular formula is C41H50F2N6O6S. The van der Waals surface area contributed by atoms with E-state index >= 15 is 4.39 Å². The Balaban J connectivity index is 1.31. The molecular weight excluding hydrogens is 743 g/mol. The number of unbranched alkanes of at least 4 members (excludes halogenated alkanes) is 2. The second-order valence-corrected chi connectivity index (χ2v) is 16.4. The van der Waals surface area contributed by atoms with E-state index in [1.165, 1.54) is 12.2 Å². The van der Waals surface area contributed by atoms with Crippen LogP contribution in [0.2, 0.25) is 0 Å². The molecule has 3 atom stereocenters. The van der Waals surface area contributed by atoms with E-state index in [1.54, 1.807) is 11.1 Å². The Bertz CT molecular complexity index is 1890. The molecule has 1 fully saturated rings. The lowest BCUT2D eigenvalue weighted by molar-refractivity contribution is -0.141. The van der Waals surface area contributed by atoms with E-state index in [9.17, 15) is 33.5 Å². The molecule has 56 heavy (non-hydrogen) atoms. The SMILES string of the molecule is CC(C)(C)[C@H](c1nc(-c2cc(F)ccc2F)cn1Cc1ccccc1)N(CC1CCNC1)C(=O)CSC[C@H](NC(=O)CCCCCN1C(=O)C=CC1=O)C(=O)O. The molecule has 3 aromatic rings. The molecule has 4 amide bonds. The van der Waals surface area contributed by atoms with Crippen molar-refractivity contribution in [1.29, 1.82) is 0 Å². The van der Waals surface area contributed by atoms with Gasteiger partial charge in [-0.3, -0.25) is 24.1 Å². The maximum absolute atomic E-state index is 15.1. The molecule has 1 saturated heterocycles. The quantitative estimate of drug-likeness (QED) is 0.110. The minimum absolute atomic E-state index is 0.00788. The molecule has 0 radical (unpaired) electrons. The zero-order valence-corrected chi connectivity index (χ0v) is 32.8. The number of imide groups is 1. The van der Waals surface area contributed by atoms with Gasteiger partial charge in [0.05, 0.1) is 17.5 Å². The van der Waals surface area contributed by atoms with Gasteiger partial charge in [0, 0.05) is 55.7 Å². The van der Waals surface area contributed by atoms with Crippen LogP contribution in [-0.4, -0.2) is 97.8 Å². The molecule has 5 rings (SSSR count). The zero-order valence-electron chi connectivity index (χ0n) is 32.0. The maximum atomic E-state index is 15.1. The predicted octanol–water partition coefficient (Wildman–Crippen LogP) is 5.19. The molecule has 3 heterocycles. The normalized spacial score (nSPS) is 16.7. The molecule has 12 nitrogen and oxygen atoms in total. The number of aromatic nitrogens is 2. The first-order chi connectivity index (χ1) is 26.7. The molecule has 300 valence electrons. The Hall–Kier alpha value is -4.89. The summed E-state index contributed by atoms with van der Waals surface area (Å²) in [5, 5.41) is 15.9. The summed E-state index contributed by atoms with van der Waals surface area (Å²) in [6.07, 6.45) is 6.59. The van der Waals surface area contributed by atoms with Gasteiger partial charge in [-0.1, -0.05) is 57.5 Å². The first-order valence-corrected chi connectivity index (χ1v) is 20.1. The third kappa shape index (κ3) is 11.3. The summed E-state index contributed by atoms with van der Waals surface area (Å²) in [6.45, 7) is 8.53. The molecule has 3 N–H and O–H groups in total. The number of halogens is 2. The lowest BCUT2D eigenvalue weighted by atomic mass is 9.84. The van der Waals surface area contributed by atoms with E-state index in [2.05, 4.69) is 10.6 Å². The van der Waals surface area contributed by atoms with Crippen LogP contribution in [0.15, 0.2) is 66.9 Å². The highest BCUT2D eigenvalue weighted by atomic mass is 32.2. The van der Waals surface area contributed by atoms with Crippen molar-refractivity contribution in [3.05, 3.63) is 89.9 Å².